The molecule has 2 N–H and O–H groups in total. The second-order valence-corrected chi connectivity index (χ2v) is 3.77. The van der Waals surface area contributed by atoms with Gasteiger partial charge in [-0.15, -0.1) is 0 Å². The summed E-state index contributed by atoms with van der Waals surface area (Å²) in [5.41, 5.74) is 2.33. The van der Waals surface area contributed by atoms with E-state index in [2.05, 4.69) is 15.3 Å². The van der Waals surface area contributed by atoms with E-state index in [9.17, 15) is 4.79 Å². The third-order valence-corrected chi connectivity index (χ3v) is 2.42. The highest BCUT2D eigenvalue weighted by Gasteiger charge is 2.08. The molecule has 0 radical (unpaired) electrons. The van der Waals surface area contributed by atoms with E-state index in [0.717, 1.165) is 17.8 Å². The topological polar surface area (TPSA) is 57.8 Å². The maximum Gasteiger partial charge on any atom is 0.252 e. The number of amides is 1. The Bertz CT molecular complexity index is 490. The van der Waals surface area contributed by atoms with Gasteiger partial charge in [0, 0.05) is 18.9 Å². The maximum absolute atomic E-state index is 11.7. The Labute approximate surface area is 100 Å². The SMILES string of the molecule is CCCNC(=O)c1c[nH]c(-c2ccccn2)c1. The minimum absolute atomic E-state index is 0.0507. The molecule has 0 aliphatic rings. The van der Waals surface area contributed by atoms with Crippen LogP contribution in [0.5, 0.6) is 0 Å². The lowest BCUT2D eigenvalue weighted by Crippen LogP contribution is -2.23. The van der Waals surface area contributed by atoms with Crippen LogP contribution in [0.3, 0.4) is 0 Å². The zero-order chi connectivity index (χ0) is 12.1. The third-order valence-electron chi connectivity index (χ3n) is 2.42. The Kier molecular flexibility index (Phi) is 3.55. The van der Waals surface area contributed by atoms with Gasteiger partial charge in [0.25, 0.3) is 5.91 Å². The van der Waals surface area contributed by atoms with Gasteiger partial charge < -0.3 is 10.3 Å². The van der Waals surface area contributed by atoms with Crippen molar-refractivity contribution in [3.63, 3.8) is 0 Å². The fraction of sp³-hybridized carbons (Fsp3) is 0.231. The summed E-state index contributed by atoms with van der Waals surface area (Å²) in [5.74, 6) is -0.0507. The van der Waals surface area contributed by atoms with Crippen LogP contribution in [0.4, 0.5) is 0 Å². The highest BCUT2D eigenvalue weighted by Crippen LogP contribution is 2.15. The monoisotopic (exact) mass is 229 g/mol. The molecular weight excluding hydrogens is 214 g/mol. The van der Waals surface area contributed by atoms with Crippen molar-refractivity contribution in [3.05, 3.63) is 42.2 Å². The highest BCUT2D eigenvalue weighted by atomic mass is 16.1. The van der Waals surface area contributed by atoms with Gasteiger partial charge in [-0.1, -0.05) is 13.0 Å². The van der Waals surface area contributed by atoms with Crippen molar-refractivity contribution >= 4 is 5.91 Å². The molecule has 0 aliphatic carbocycles. The first kappa shape index (κ1) is 11.4. The Morgan fingerprint density at radius 3 is 3.06 bits per heavy atom. The van der Waals surface area contributed by atoms with Crippen molar-refractivity contribution in [2.24, 2.45) is 0 Å². The first-order chi connectivity index (χ1) is 8.31. The summed E-state index contributed by atoms with van der Waals surface area (Å²) in [4.78, 5) is 19.0. The number of H-pyrrole nitrogens is 1. The van der Waals surface area contributed by atoms with Gasteiger partial charge in [0.15, 0.2) is 0 Å². The van der Waals surface area contributed by atoms with E-state index in [1.165, 1.54) is 0 Å². The number of aromatic nitrogens is 2. The number of carbonyl (C=O) groups is 1. The van der Waals surface area contributed by atoms with Crippen LogP contribution in [0.25, 0.3) is 11.4 Å². The average Bonchev–Trinajstić information content (AvgIpc) is 2.86. The van der Waals surface area contributed by atoms with Crippen LogP contribution in [0.1, 0.15) is 23.7 Å². The molecule has 0 saturated heterocycles. The Morgan fingerprint density at radius 2 is 2.35 bits per heavy atom. The lowest BCUT2D eigenvalue weighted by atomic mass is 10.2. The van der Waals surface area contributed by atoms with Gasteiger partial charge in [0.05, 0.1) is 17.0 Å². The minimum Gasteiger partial charge on any atom is -0.359 e. The molecule has 0 bridgehead atoms. The normalized spacial score (nSPS) is 10.2. The molecule has 0 fully saturated rings. The van der Waals surface area contributed by atoms with E-state index in [-0.39, 0.29) is 5.91 Å². The van der Waals surface area contributed by atoms with E-state index in [1.54, 1.807) is 12.4 Å². The smallest absolute Gasteiger partial charge is 0.252 e. The molecule has 4 nitrogen and oxygen atoms in total. The van der Waals surface area contributed by atoms with Gasteiger partial charge in [-0.05, 0) is 24.6 Å². The van der Waals surface area contributed by atoms with E-state index in [0.29, 0.717) is 12.1 Å². The molecule has 0 aliphatic heterocycles. The summed E-state index contributed by atoms with van der Waals surface area (Å²) in [5, 5.41) is 2.83. The molecule has 17 heavy (non-hydrogen) atoms. The number of rotatable bonds is 4. The zero-order valence-electron chi connectivity index (χ0n) is 9.73. The Balaban J connectivity index is 2.14. The van der Waals surface area contributed by atoms with Gasteiger partial charge in [-0.25, -0.2) is 0 Å². The van der Waals surface area contributed by atoms with E-state index in [1.807, 2.05) is 31.2 Å². The van der Waals surface area contributed by atoms with Crippen LogP contribution in [0, 0.1) is 0 Å². The molecule has 0 aromatic carbocycles. The van der Waals surface area contributed by atoms with Gasteiger partial charge in [0.2, 0.25) is 0 Å². The van der Waals surface area contributed by atoms with Crippen molar-refractivity contribution in [2.75, 3.05) is 6.54 Å². The van der Waals surface area contributed by atoms with Crippen LogP contribution >= 0.6 is 0 Å². The van der Waals surface area contributed by atoms with Crippen molar-refractivity contribution in [3.8, 4) is 11.4 Å². The molecule has 4 heteroatoms. The summed E-state index contributed by atoms with van der Waals surface area (Å²) in [7, 11) is 0. The van der Waals surface area contributed by atoms with Crippen molar-refractivity contribution in [1.29, 1.82) is 0 Å². The lowest BCUT2D eigenvalue weighted by molar-refractivity contribution is 0.0954. The van der Waals surface area contributed by atoms with Crippen molar-refractivity contribution in [2.45, 2.75) is 13.3 Å². The molecule has 0 saturated carbocycles. The number of nitrogens with zero attached hydrogens (tertiary/aromatic N) is 1. The van der Waals surface area contributed by atoms with Crippen LogP contribution in [-0.4, -0.2) is 22.4 Å². The number of hydrogen-bond donors (Lipinski definition) is 2. The fourth-order valence-corrected chi connectivity index (χ4v) is 1.54. The number of nitrogens with one attached hydrogen (secondary N) is 2. The number of carbonyl (C=O) groups excluding carboxylic acids is 1. The highest BCUT2D eigenvalue weighted by molar-refractivity contribution is 5.95. The zero-order valence-corrected chi connectivity index (χ0v) is 9.73. The van der Waals surface area contributed by atoms with Gasteiger partial charge in [-0.3, -0.25) is 9.78 Å². The summed E-state index contributed by atoms with van der Waals surface area (Å²) in [6.45, 7) is 2.72. The summed E-state index contributed by atoms with van der Waals surface area (Å²) >= 11 is 0. The Morgan fingerprint density at radius 1 is 1.47 bits per heavy atom. The minimum atomic E-state index is -0.0507. The second-order valence-electron chi connectivity index (χ2n) is 3.77. The molecule has 2 heterocycles. The van der Waals surface area contributed by atoms with Gasteiger partial charge in [0.1, 0.15) is 0 Å². The van der Waals surface area contributed by atoms with Gasteiger partial charge in [-0.2, -0.15) is 0 Å². The molecule has 1 amide bonds. The van der Waals surface area contributed by atoms with E-state index in [4.69, 9.17) is 0 Å². The predicted octanol–water partition coefficient (Wildman–Crippen LogP) is 2.22. The maximum atomic E-state index is 11.7. The molecule has 2 aromatic rings. The molecular formula is C13H15N3O. The summed E-state index contributed by atoms with van der Waals surface area (Å²) in [6.07, 6.45) is 4.37. The van der Waals surface area contributed by atoms with Crippen LogP contribution in [-0.2, 0) is 0 Å². The lowest BCUT2D eigenvalue weighted by Gasteiger charge is -1.99. The van der Waals surface area contributed by atoms with E-state index < -0.39 is 0 Å². The first-order valence-corrected chi connectivity index (χ1v) is 5.69. The number of hydrogen-bond acceptors (Lipinski definition) is 2. The fourth-order valence-electron chi connectivity index (χ4n) is 1.54. The molecule has 0 spiro atoms. The summed E-state index contributed by atoms with van der Waals surface area (Å²) < 4.78 is 0. The molecule has 2 aromatic heterocycles. The number of aromatic amines is 1. The first-order valence-electron chi connectivity index (χ1n) is 5.69. The van der Waals surface area contributed by atoms with Crippen LogP contribution in [0.2, 0.25) is 0 Å². The van der Waals surface area contributed by atoms with Crippen LogP contribution in [0.15, 0.2) is 36.7 Å². The average molecular weight is 229 g/mol. The largest absolute Gasteiger partial charge is 0.359 e. The summed E-state index contributed by atoms with van der Waals surface area (Å²) in [6, 6.07) is 7.49. The van der Waals surface area contributed by atoms with Gasteiger partial charge >= 0.3 is 0 Å². The predicted molar refractivity (Wildman–Crippen MR) is 66.6 cm³/mol. The third kappa shape index (κ3) is 2.72. The standard InChI is InChI=1S/C13H15N3O/c1-2-6-15-13(17)10-8-12(16-9-10)11-5-3-4-7-14-11/h3-5,7-9,16H,2,6H2,1H3,(H,15,17). The van der Waals surface area contributed by atoms with Crippen molar-refractivity contribution < 1.29 is 4.79 Å². The molecule has 0 atom stereocenters. The van der Waals surface area contributed by atoms with E-state index >= 15 is 0 Å². The second kappa shape index (κ2) is 5.30. The Hall–Kier alpha value is -2.10. The number of pyridine rings is 1. The molecule has 0 unspecified atom stereocenters. The quantitative estimate of drug-likeness (QED) is 0.844. The van der Waals surface area contributed by atoms with Crippen LogP contribution < -0.4 is 5.32 Å². The molecule has 88 valence electrons. The van der Waals surface area contributed by atoms with Crippen molar-refractivity contribution in [1.82, 2.24) is 15.3 Å². The molecule has 2 rings (SSSR count).